The molecule has 1 aromatic rings. The fraction of sp³-hybridized carbons (Fsp3) is 0.500. The van der Waals surface area contributed by atoms with Crippen LogP contribution in [0.3, 0.4) is 0 Å². The van der Waals surface area contributed by atoms with E-state index >= 15 is 0 Å². The maximum Gasteiger partial charge on any atom is 0.184 e. The lowest BCUT2D eigenvalue weighted by Gasteiger charge is -2.03. The number of nitrogens with zero attached hydrogens (tertiary/aromatic N) is 1. The average molecular weight is 173 g/mol. The highest BCUT2D eigenvalue weighted by Crippen LogP contribution is 2.18. The smallest absolute Gasteiger partial charge is 0.184 e. The Morgan fingerprint density at radius 1 is 1.91 bits per heavy atom. The second-order valence-electron chi connectivity index (χ2n) is 2.30. The first-order valence-corrected chi connectivity index (χ1v) is 4.13. The van der Waals surface area contributed by atoms with Crippen molar-refractivity contribution in [2.24, 2.45) is 0 Å². The van der Waals surface area contributed by atoms with Gasteiger partial charge in [0.15, 0.2) is 5.13 Å². The molecule has 4 nitrogen and oxygen atoms in total. The summed E-state index contributed by atoms with van der Waals surface area (Å²) >= 11 is 1.37. The Morgan fingerprint density at radius 3 is 3.09 bits per heavy atom. The van der Waals surface area contributed by atoms with Crippen molar-refractivity contribution in [2.45, 2.75) is 13.0 Å². The van der Waals surface area contributed by atoms with E-state index in [-0.39, 0.29) is 6.10 Å². The number of hydrogen-bond donors (Lipinski definition) is 3. The van der Waals surface area contributed by atoms with E-state index < -0.39 is 0 Å². The van der Waals surface area contributed by atoms with E-state index in [2.05, 4.69) is 10.3 Å². The molecule has 0 amide bonds. The zero-order valence-corrected chi connectivity index (χ0v) is 7.06. The van der Waals surface area contributed by atoms with Crippen molar-refractivity contribution in [2.75, 3.05) is 17.6 Å². The highest BCUT2D eigenvalue weighted by Gasteiger charge is 1.99. The van der Waals surface area contributed by atoms with Gasteiger partial charge in [0.25, 0.3) is 0 Å². The SMILES string of the molecule is CC(O)CNc1ncc(N)s1. The van der Waals surface area contributed by atoms with Gasteiger partial charge in [-0.05, 0) is 6.92 Å². The second kappa shape index (κ2) is 3.54. The Kier molecular flexibility index (Phi) is 2.67. The van der Waals surface area contributed by atoms with Crippen LogP contribution in [0, 0.1) is 0 Å². The summed E-state index contributed by atoms with van der Waals surface area (Å²) in [5.41, 5.74) is 5.44. The van der Waals surface area contributed by atoms with E-state index in [4.69, 9.17) is 10.8 Å². The van der Waals surface area contributed by atoms with Gasteiger partial charge in [-0.1, -0.05) is 11.3 Å². The van der Waals surface area contributed by atoms with E-state index in [0.29, 0.717) is 11.5 Å². The predicted octanol–water partition coefficient (Wildman–Crippen LogP) is 0.518. The molecular weight excluding hydrogens is 162 g/mol. The zero-order valence-electron chi connectivity index (χ0n) is 6.24. The van der Waals surface area contributed by atoms with Gasteiger partial charge in [0.1, 0.15) is 5.00 Å². The highest BCUT2D eigenvalue weighted by molar-refractivity contribution is 7.19. The zero-order chi connectivity index (χ0) is 8.27. The van der Waals surface area contributed by atoms with Crippen LogP contribution >= 0.6 is 11.3 Å². The van der Waals surface area contributed by atoms with Gasteiger partial charge in [-0.2, -0.15) is 0 Å². The Balaban J connectivity index is 2.39. The molecule has 1 aromatic heterocycles. The fourth-order valence-electron chi connectivity index (χ4n) is 0.603. The molecular formula is C6H11N3OS. The number of nitrogen functional groups attached to an aromatic ring is 1. The summed E-state index contributed by atoms with van der Waals surface area (Å²) in [6, 6.07) is 0. The second-order valence-corrected chi connectivity index (χ2v) is 3.36. The van der Waals surface area contributed by atoms with Gasteiger partial charge < -0.3 is 16.2 Å². The van der Waals surface area contributed by atoms with Crippen molar-refractivity contribution in [3.63, 3.8) is 0 Å². The molecule has 0 bridgehead atoms. The first-order valence-electron chi connectivity index (χ1n) is 3.31. The number of aromatic nitrogens is 1. The normalized spacial score (nSPS) is 12.9. The molecule has 0 radical (unpaired) electrons. The van der Waals surface area contributed by atoms with Crippen molar-refractivity contribution in [1.29, 1.82) is 0 Å². The molecule has 62 valence electrons. The van der Waals surface area contributed by atoms with Gasteiger partial charge >= 0.3 is 0 Å². The maximum absolute atomic E-state index is 8.90. The van der Waals surface area contributed by atoms with Crippen LogP contribution in [0.2, 0.25) is 0 Å². The van der Waals surface area contributed by atoms with Crippen molar-refractivity contribution in [3.05, 3.63) is 6.20 Å². The summed E-state index contributed by atoms with van der Waals surface area (Å²) in [7, 11) is 0. The molecule has 0 aliphatic heterocycles. The standard InChI is InChI=1S/C6H11N3OS/c1-4(10)2-8-6-9-3-5(7)11-6/h3-4,10H,2,7H2,1H3,(H,8,9). The van der Waals surface area contributed by atoms with Crippen LogP contribution in [-0.4, -0.2) is 22.7 Å². The minimum absolute atomic E-state index is 0.361. The Bertz CT molecular complexity index is 223. The minimum Gasteiger partial charge on any atom is -0.392 e. The van der Waals surface area contributed by atoms with Crippen LogP contribution in [0.1, 0.15) is 6.92 Å². The number of aliphatic hydroxyl groups is 1. The van der Waals surface area contributed by atoms with Crippen LogP contribution in [0.5, 0.6) is 0 Å². The molecule has 0 aliphatic carbocycles. The predicted molar refractivity (Wildman–Crippen MR) is 46.7 cm³/mol. The van der Waals surface area contributed by atoms with Crippen LogP contribution < -0.4 is 11.1 Å². The number of rotatable bonds is 3. The number of nitrogens with two attached hydrogens (primary N) is 1. The van der Waals surface area contributed by atoms with Crippen molar-refractivity contribution in [3.8, 4) is 0 Å². The lowest BCUT2D eigenvalue weighted by molar-refractivity contribution is 0.208. The topological polar surface area (TPSA) is 71.2 Å². The molecule has 1 rings (SSSR count). The van der Waals surface area contributed by atoms with E-state index in [1.807, 2.05) is 0 Å². The number of nitrogens with one attached hydrogen (secondary N) is 1. The summed E-state index contributed by atoms with van der Waals surface area (Å²) in [5, 5.41) is 13.3. The molecule has 0 spiro atoms. The molecule has 0 fully saturated rings. The van der Waals surface area contributed by atoms with Crippen molar-refractivity contribution in [1.82, 2.24) is 4.98 Å². The Morgan fingerprint density at radius 2 is 2.64 bits per heavy atom. The molecule has 1 atom stereocenters. The molecule has 11 heavy (non-hydrogen) atoms. The van der Waals surface area contributed by atoms with Crippen molar-refractivity contribution >= 4 is 21.5 Å². The third-order valence-electron chi connectivity index (χ3n) is 1.07. The van der Waals surface area contributed by atoms with Crippen LogP contribution in [0.25, 0.3) is 0 Å². The minimum atomic E-state index is -0.361. The fourth-order valence-corrected chi connectivity index (χ4v) is 1.19. The lowest BCUT2D eigenvalue weighted by Crippen LogP contribution is -2.14. The van der Waals surface area contributed by atoms with Gasteiger partial charge in [0.05, 0.1) is 12.3 Å². The van der Waals surface area contributed by atoms with Gasteiger partial charge in [-0.25, -0.2) is 4.98 Å². The van der Waals surface area contributed by atoms with E-state index in [1.165, 1.54) is 11.3 Å². The highest BCUT2D eigenvalue weighted by atomic mass is 32.1. The molecule has 1 unspecified atom stereocenters. The third kappa shape index (κ3) is 2.73. The largest absolute Gasteiger partial charge is 0.392 e. The first kappa shape index (κ1) is 8.29. The van der Waals surface area contributed by atoms with E-state index in [9.17, 15) is 0 Å². The van der Waals surface area contributed by atoms with Crippen LogP contribution in [0.15, 0.2) is 6.20 Å². The Hall–Kier alpha value is -0.810. The van der Waals surface area contributed by atoms with Crippen LogP contribution in [-0.2, 0) is 0 Å². The van der Waals surface area contributed by atoms with Crippen LogP contribution in [0.4, 0.5) is 10.1 Å². The van der Waals surface area contributed by atoms with Gasteiger partial charge in [0, 0.05) is 6.54 Å². The molecule has 0 aliphatic rings. The summed E-state index contributed by atoms with van der Waals surface area (Å²) in [6.07, 6.45) is 1.23. The average Bonchev–Trinajstić information content (AvgIpc) is 2.31. The summed E-state index contributed by atoms with van der Waals surface area (Å²) in [6.45, 7) is 2.22. The summed E-state index contributed by atoms with van der Waals surface area (Å²) in [4.78, 5) is 3.96. The monoisotopic (exact) mass is 173 g/mol. The molecule has 0 saturated heterocycles. The molecule has 5 heteroatoms. The van der Waals surface area contributed by atoms with E-state index in [1.54, 1.807) is 13.1 Å². The molecule has 0 saturated carbocycles. The molecule has 1 heterocycles. The number of hydrogen-bond acceptors (Lipinski definition) is 5. The van der Waals surface area contributed by atoms with Gasteiger partial charge in [0.2, 0.25) is 0 Å². The number of thiazole rings is 1. The molecule has 4 N–H and O–H groups in total. The number of anilines is 2. The van der Waals surface area contributed by atoms with E-state index in [0.717, 1.165) is 5.13 Å². The Labute approximate surface area is 69.1 Å². The van der Waals surface area contributed by atoms with Gasteiger partial charge in [-0.3, -0.25) is 0 Å². The maximum atomic E-state index is 8.90. The lowest BCUT2D eigenvalue weighted by atomic mass is 10.4. The third-order valence-corrected chi connectivity index (χ3v) is 1.86. The molecule has 0 aromatic carbocycles. The van der Waals surface area contributed by atoms with Crippen molar-refractivity contribution < 1.29 is 5.11 Å². The summed E-state index contributed by atoms with van der Waals surface area (Å²) < 4.78 is 0. The quantitative estimate of drug-likeness (QED) is 0.623. The first-order chi connectivity index (χ1) is 5.18. The van der Waals surface area contributed by atoms with Gasteiger partial charge in [-0.15, -0.1) is 0 Å². The number of aliphatic hydroxyl groups excluding tert-OH is 1. The summed E-state index contributed by atoms with van der Waals surface area (Å²) in [5.74, 6) is 0.